The lowest BCUT2D eigenvalue weighted by Crippen LogP contribution is -2.25. The molecule has 3 rings (SSSR count). The predicted octanol–water partition coefficient (Wildman–Crippen LogP) is 5.96. The molecule has 0 atom stereocenters. The summed E-state index contributed by atoms with van der Waals surface area (Å²) >= 11 is 11.9. The minimum absolute atomic E-state index is 0.182. The number of ether oxygens (including phenoxy) is 1. The number of halogens is 2. The Morgan fingerprint density at radius 2 is 1.82 bits per heavy atom. The molecule has 0 radical (unpaired) electrons. The number of amides is 1. The quantitative estimate of drug-likeness (QED) is 0.464. The third-order valence-corrected chi connectivity index (χ3v) is 5.54. The van der Waals surface area contributed by atoms with Crippen LogP contribution >= 0.6 is 23.2 Å². The molecule has 1 aliphatic rings. The van der Waals surface area contributed by atoms with Gasteiger partial charge in [0, 0.05) is 5.02 Å². The zero-order chi connectivity index (χ0) is 19.9. The highest BCUT2D eigenvalue weighted by Crippen LogP contribution is 2.32. The van der Waals surface area contributed by atoms with Crippen LogP contribution in [0.3, 0.4) is 0 Å². The van der Waals surface area contributed by atoms with Gasteiger partial charge in [-0.3, -0.25) is 4.79 Å². The summed E-state index contributed by atoms with van der Waals surface area (Å²) in [5.74, 6) is 0.723. The van der Waals surface area contributed by atoms with Crippen molar-refractivity contribution in [3.63, 3.8) is 0 Å². The Kier molecular flexibility index (Phi) is 7.35. The molecular weight excluding hydrogens is 395 g/mol. The summed E-state index contributed by atoms with van der Waals surface area (Å²) in [4.78, 5) is 12.0. The van der Waals surface area contributed by atoms with Gasteiger partial charge in [-0.15, -0.1) is 0 Å². The average molecular weight is 419 g/mol. The second kappa shape index (κ2) is 9.94. The maximum atomic E-state index is 12.0. The Balaban J connectivity index is 1.52. The van der Waals surface area contributed by atoms with E-state index >= 15 is 0 Å². The van der Waals surface area contributed by atoms with Crippen LogP contribution < -0.4 is 10.2 Å². The number of hydrogen-bond acceptors (Lipinski definition) is 3. The van der Waals surface area contributed by atoms with Crippen molar-refractivity contribution in [3.05, 3.63) is 63.6 Å². The van der Waals surface area contributed by atoms with E-state index in [2.05, 4.69) is 34.8 Å². The SMILES string of the molecule is CC(=NNC(=O)COc1ccc(Cl)cc1Cl)c1ccc(C2CCCCC2)cc1. The Morgan fingerprint density at radius 1 is 1.11 bits per heavy atom. The van der Waals surface area contributed by atoms with Crippen LogP contribution in [0, 0.1) is 0 Å². The largest absolute Gasteiger partial charge is 0.482 e. The minimum Gasteiger partial charge on any atom is -0.482 e. The summed E-state index contributed by atoms with van der Waals surface area (Å²) in [6.45, 7) is 1.69. The molecule has 1 aliphatic carbocycles. The highest BCUT2D eigenvalue weighted by Gasteiger charge is 2.15. The molecule has 0 aliphatic heterocycles. The standard InChI is InChI=1S/C22H24Cl2N2O2/c1-15(16-7-9-18(10-8-16)17-5-3-2-4-6-17)25-26-22(27)14-28-21-12-11-19(23)13-20(21)24/h7-13,17H,2-6,14H2,1H3,(H,26,27). The van der Waals surface area contributed by atoms with Crippen molar-refractivity contribution in [2.75, 3.05) is 6.61 Å². The van der Waals surface area contributed by atoms with Crippen molar-refractivity contribution >= 4 is 34.8 Å². The molecule has 1 amide bonds. The first-order valence-electron chi connectivity index (χ1n) is 9.54. The molecule has 1 N–H and O–H groups in total. The maximum Gasteiger partial charge on any atom is 0.277 e. The van der Waals surface area contributed by atoms with Gasteiger partial charge >= 0.3 is 0 Å². The first-order valence-corrected chi connectivity index (χ1v) is 10.3. The van der Waals surface area contributed by atoms with E-state index in [1.807, 2.05) is 6.92 Å². The van der Waals surface area contributed by atoms with Crippen molar-refractivity contribution in [2.45, 2.75) is 44.9 Å². The van der Waals surface area contributed by atoms with Gasteiger partial charge in [0.2, 0.25) is 0 Å². The molecule has 2 aromatic carbocycles. The van der Waals surface area contributed by atoms with Crippen LogP contribution in [0.15, 0.2) is 47.6 Å². The fourth-order valence-corrected chi connectivity index (χ4v) is 3.87. The highest BCUT2D eigenvalue weighted by molar-refractivity contribution is 6.35. The van der Waals surface area contributed by atoms with Crippen molar-refractivity contribution in [1.29, 1.82) is 0 Å². The van der Waals surface area contributed by atoms with E-state index in [0.717, 1.165) is 11.3 Å². The second-order valence-electron chi connectivity index (χ2n) is 7.05. The highest BCUT2D eigenvalue weighted by atomic mass is 35.5. The molecule has 0 heterocycles. The number of hydrogen-bond donors (Lipinski definition) is 1. The Labute approximate surface area is 175 Å². The zero-order valence-corrected chi connectivity index (χ0v) is 17.4. The third kappa shape index (κ3) is 5.73. The van der Waals surface area contributed by atoms with Crippen molar-refractivity contribution < 1.29 is 9.53 Å². The topological polar surface area (TPSA) is 50.7 Å². The molecule has 4 nitrogen and oxygen atoms in total. The number of benzene rings is 2. The average Bonchev–Trinajstić information content (AvgIpc) is 2.72. The van der Waals surface area contributed by atoms with E-state index in [0.29, 0.717) is 21.7 Å². The zero-order valence-electron chi connectivity index (χ0n) is 15.9. The van der Waals surface area contributed by atoms with E-state index in [4.69, 9.17) is 27.9 Å². The number of nitrogens with one attached hydrogen (secondary N) is 1. The van der Waals surface area contributed by atoms with E-state index in [1.165, 1.54) is 37.7 Å². The lowest BCUT2D eigenvalue weighted by molar-refractivity contribution is -0.123. The summed E-state index contributed by atoms with van der Waals surface area (Å²) in [5, 5.41) is 5.04. The van der Waals surface area contributed by atoms with E-state index in [1.54, 1.807) is 18.2 Å². The fraction of sp³-hybridized carbons (Fsp3) is 0.364. The first kappa shape index (κ1) is 20.7. The molecule has 6 heteroatoms. The van der Waals surface area contributed by atoms with Gasteiger partial charge in [-0.25, -0.2) is 5.43 Å². The molecule has 148 valence electrons. The Hall–Kier alpha value is -2.04. The molecule has 0 unspecified atom stereocenters. The van der Waals surface area contributed by atoms with E-state index in [9.17, 15) is 4.79 Å². The van der Waals surface area contributed by atoms with Crippen LogP contribution in [-0.2, 0) is 4.79 Å². The van der Waals surface area contributed by atoms with Gasteiger partial charge in [0.1, 0.15) is 5.75 Å². The first-order chi connectivity index (χ1) is 13.5. The van der Waals surface area contributed by atoms with Crippen molar-refractivity contribution in [2.24, 2.45) is 5.10 Å². The van der Waals surface area contributed by atoms with E-state index in [-0.39, 0.29) is 12.5 Å². The second-order valence-corrected chi connectivity index (χ2v) is 7.90. The van der Waals surface area contributed by atoms with Gasteiger partial charge in [-0.05, 0) is 55.0 Å². The van der Waals surface area contributed by atoms with Gasteiger partial charge in [-0.1, -0.05) is 66.7 Å². The lowest BCUT2D eigenvalue weighted by Gasteiger charge is -2.22. The van der Waals surface area contributed by atoms with Gasteiger partial charge in [-0.2, -0.15) is 5.10 Å². The Bertz CT molecular complexity index is 844. The van der Waals surface area contributed by atoms with Crippen LogP contribution in [0.1, 0.15) is 56.1 Å². The van der Waals surface area contributed by atoms with Crippen molar-refractivity contribution in [1.82, 2.24) is 5.43 Å². The number of carbonyl (C=O) groups excluding carboxylic acids is 1. The molecule has 0 aromatic heterocycles. The summed E-state index contributed by atoms with van der Waals surface area (Å²) in [5.41, 5.74) is 5.64. The molecule has 0 spiro atoms. The van der Waals surface area contributed by atoms with Crippen LogP contribution in [0.2, 0.25) is 10.0 Å². The van der Waals surface area contributed by atoms with Crippen LogP contribution in [0.5, 0.6) is 5.75 Å². The normalized spacial score (nSPS) is 15.3. The molecule has 0 saturated heterocycles. The van der Waals surface area contributed by atoms with Crippen LogP contribution in [-0.4, -0.2) is 18.2 Å². The molecular formula is C22H24Cl2N2O2. The molecule has 0 bridgehead atoms. The number of hydrazone groups is 1. The maximum absolute atomic E-state index is 12.0. The molecule has 28 heavy (non-hydrogen) atoms. The fourth-order valence-electron chi connectivity index (χ4n) is 3.41. The number of carbonyl (C=O) groups is 1. The number of rotatable bonds is 6. The monoisotopic (exact) mass is 418 g/mol. The molecule has 1 saturated carbocycles. The summed E-state index contributed by atoms with van der Waals surface area (Å²) < 4.78 is 5.40. The summed E-state index contributed by atoms with van der Waals surface area (Å²) in [6.07, 6.45) is 6.55. The van der Waals surface area contributed by atoms with Gasteiger partial charge < -0.3 is 4.74 Å². The smallest absolute Gasteiger partial charge is 0.277 e. The van der Waals surface area contributed by atoms with Gasteiger partial charge in [0.15, 0.2) is 6.61 Å². The summed E-state index contributed by atoms with van der Waals surface area (Å²) in [7, 11) is 0. The van der Waals surface area contributed by atoms with Gasteiger partial charge in [0.25, 0.3) is 5.91 Å². The third-order valence-electron chi connectivity index (χ3n) is 5.01. The van der Waals surface area contributed by atoms with Crippen molar-refractivity contribution in [3.8, 4) is 5.75 Å². The predicted molar refractivity (Wildman–Crippen MR) is 115 cm³/mol. The summed E-state index contributed by atoms with van der Waals surface area (Å²) in [6, 6.07) is 13.3. The van der Waals surface area contributed by atoms with Crippen LogP contribution in [0.4, 0.5) is 0 Å². The lowest BCUT2D eigenvalue weighted by atomic mass is 9.84. The van der Waals surface area contributed by atoms with Gasteiger partial charge in [0.05, 0.1) is 10.7 Å². The molecule has 1 fully saturated rings. The Morgan fingerprint density at radius 3 is 2.50 bits per heavy atom. The van der Waals surface area contributed by atoms with E-state index < -0.39 is 0 Å². The van der Waals surface area contributed by atoms with Crippen LogP contribution in [0.25, 0.3) is 0 Å². The number of nitrogens with zero attached hydrogens (tertiary/aromatic N) is 1. The molecule has 2 aromatic rings. The minimum atomic E-state index is -0.357.